The quantitative estimate of drug-likeness (QED) is 0.176. The number of nitrogens with zero attached hydrogens (tertiary/aromatic N) is 1. The summed E-state index contributed by atoms with van der Waals surface area (Å²) in [4.78, 5) is 5.19. The second-order valence-electron chi connectivity index (χ2n) is 14.9. The van der Waals surface area contributed by atoms with E-state index in [1.54, 1.807) is 5.56 Å². The van der Waals surface area contributed by atoms with Crippen LogP contribution in [0.2, 0.25) is 0 Å². The van der Waals surface area contributed by atoms with Crippen LogP contribution in [0.1, 0.15) is 73.6 Å². The van der Waals surface area contributed by atoms with Gasteiger partial charge in [-0.3, -0.25) is 4.98 Å². The molecule has 0 aliphatic heterocycles. The van der Waals surface area contributed by atoms with Crippen molar-refractivity contribution in [1.29, 1.82) is 0 Å². The van der Waals surface area contributed by atoms with E-state index in [0.29, 0.717) is 0 Å². The van der Waals surface area contributed by atoms with Crippen molar-refractivity contribution >= 4 is 21.7 Å². The molecule has 1 nitrogen and oxygen atoms in total. The number of hydrogen-bond donors (Lipinski definition) is 0. The standard InChI is InChI=1S/C47H37N/c1-2-15-37-36(14-1)43(30-19-21-34-32-12-3-5-17-39(32)46(41(34)28-30)23-7-8-24-46)38-16-11-27-48-45(38)44(37)31-20-22-35-33-13-4-6-18-40(33)47(42(35)29-31)25-9-10-26-47/h1-6,11-22,27-29H,7-10,23-26H2. The maximum absolute atomic E-state index is 5.19. The molecule has 4 aliphatic rings. The van der Waals surface area contributed by atoms with Crippen LogP contribution in [0.3, 0.4) is 0 Å². The second-order valence-corrected chi connectivity index (χ2v) is 14.9. The molecule has 6 aromatic carbocycles. The summed E-state index contributed by atoms with van der Waals surface area (Å²) in [6.45, 7) is 0. The molecule has 230 valence electrons. The molecule has 0 atom stereocenters. The first kappa shape index (κ1) is 27.0. The first-order chi connectivity index (χ1) is 23.8. The van der Waals surface area contributed by atoms with E-state index in [1.807, 2.05) is 6.20 Å². The van der Waals surface area contributed by atoms with Gasteiger partial charge in [-0.25, -0.2) is 0 Å². The molecular weight excluding hydrogens is 579 g/mol. The topological polar surface area (TPSA) is 12.9 Å². The maximum atomic E-state index is 5.19. The zero-order valence-corrected chi connectivity index (χ0v) is 27.2. The zero-order chi connectivity index (χ0) is 31.5. The van der Waals surface area contributed by atoms with Crippen molar-refractivity contribution in [2.24, 2.45) is 0 Å². The lowest BCUT2D eigenvalue weighted by Crippen LogP contribution is -2.20. The van der Waals surface area contributed by atoms with Crippen molar-refractivity contribution in [1.82, 2.24) is 4.98 Å². The van der Waals surface area contributed by atoms with Crippen LogP contribution in [-0.4, -0.2) is 4.98 Å². The van der Waals surface area contributed by atoms with Crippen molar-refractivity contribution in [3.05, 3.63) is 150 Å². The Balaban J connectivity index is 1.16. The van der Waals surface area contributed by atoms with Crippen molar-refractivity contribution in [2.45, 2.75) is 62.2 Å². The van der Waals surface area contributed by atoms with Crippen LogP contribution < -0.4 is 0 Å². The molecule has 0 amide bonds. The van der Waals surface area contributed by atoms with Gasteiger partial charge in [0.25, 0.3) is 0 Å². The summed E-state index contributed by atoms with van der Waals surface area (Å²) in [5, 5.41) is 3.83. The fraction of sp³-hybridized carbons (Fsp3) is 0.213. The fourth-order valence-corrected chi connectivity index (χ4v) is 10.9. The highest BCUT2D eigenvalue weighted by Crippen LogP contribution is 2.59. The minimum absolute atomic E-state index is 0.138. The summed E-state index contributed by atoms with van der Waals surface area (Å²) in [6, 6.07) is 46.6. The molecule has 0 unspecified atom stereocenters. The van der Waals surface area contributed by atoms with Crippen molar-refractivity contribution < 1.29 is 0 Å². The van der Waals surface area contributed by atoms with Gasteiger partial charge in [0.05, 0.1) is 5.52 Å². The second kappa shape index (κ2) is 9.77. The van der Waals surface area contributed by atoms with Crippen LogP contribution in [0.15, 0.2) is 128 Å². The highest BCUT2D eigenvalue weighted by molar-refractivity contribution is 6.20. The summed E-state index contributed by atoms with van der Waals surface area (Å²) in [7, 11) is 0. The molecule has 1 heterocycles. The maximum Gasteiger partial charge on any atom is 0.0792 e. The van der Waals surface area contributed by atoms with Crippen molar-refractivity contribution in [2.75, 3.05) is 0 Å². The van der Waals surface area contributed by atoms with Crippen LogP contribution in [0, 0.1) is 0 Å². The first-order valence-corrected chi connectivity index (χ1v) is 18.1. The number of hydrogen-bond acceptors (Lipinski definition) is 1. The molecule has 7 aromatic rings. The predicted molar refractivity (Wildman–Crippen MR) is 199 cm³/mol. The molecule has 48 heavy (non-hydrogen) atoms. The SMILES string of the molecule is c1ccc2c(c1)-c1ccc(-c3c4ccccc4c(-c4ccc5c(c4)C4(CCCC4)c4ccccc4-5)c4ncccc34)cc1C21CCCC1. The Morgan fingerprint density at radius 1 is 0.396 bits per heavy atom. The Morgan fingerprint density at radius 3 is 1.44 bits per heavy atom. The van der Waals surface area contributed by atoms with Gasteiger partial charge in [-0.05, 0) is 116 Å². The third-order valence-corrected chi connectivity index (χ3v) is 12.8. The number of benzene rings is 6. The first-order valence-electron chi connectivity index (χ1n) is 18.1. The third-order valence-electron chi connectivity index (χ3n) is 12.8. The monoisotopic (exact) mass is 615 g/mol. The predicted octanol–water partition coefficient (Wildman–Crippen LogP) is 12.4. The van der Waals surface area contributed by atoms with E-state index in [2.05, 4.69) is 121 Å². The highest BCUT2D eigenvalue weighted by atomic mass is 14.7. The minimum Gasteiger partial charge on any atom is -0.256 e. The molecule has 0 radical (unpaired) electrons. The van der Waals surface area contributed by atoms with Gasteiger partial charge in [-0.2, -0.15) is 0 Å². The molecular formula is C47H37N. The van der Waals surface area contributed by atoms with Crippen LogP contribution in [-0.2, 0) is 10.8 Å². The molecule has 11 rings (SSSR count). The van der Waals surface area contributed by atoms with E-state index in [9.17, 15) is 0 Å². The molecule has 0 saturated heterocycles. The summed E-state index contributed by atoms with van der Waals surface area (Å²) in [5.74, 6) is 0. The van der Waals surface area contributed by atoms with E-state index in [4.69, 9.17) is 4.98 Å². The number of aromatic nitrogens is 1. The summed E-state index contributed by atoms with van der Waals surface area (Å²) in [5.41, 5.74) is 18.4. The minimum atomic E-state index is 0.138. The van der Waals surface area contributed by atoms with Gasteiger partial charge in [0.2, 0.25) is 0 Å². The normalized spacial score (nSPS) is 17.7. The lowest BCUT2D eigenvalue weighted by Gasteiger charge is -2.27. The number of pyridine rings is 1. The van der Waals surface area contributed by atoms with E-state index in [-0.39, 0.29) is 10.8 Å². The largest absolute Gasteiger partial charge is 0.256 e. The summed E-state index contributed by atoms with van der Waals surface area (Å²) in [6.07, 6.45) is 12.1. The summed E-state index contributed by atoms with van der Waals surface area (Å²) >= 11 is 0. The smallest absolute Gasteiger partial charge is 0.0792 e. The molecule has 0 N–H and O–H groups in total. The molecule has 2 saturated carbocycles. The van der Waals surface area contributed by atoms with Gasteiger partial charge in [-0.1, -0.05) is 129 Å². The lowest BCUT2D eigenvalue weighted by atomic mass is 9.75. The van der Waals surface area contributed by atoms with Gasteiger partial charge in [0.1, 0.15) is 0 Å². The highest BCUT2D eigenvalue weighted by Gasteiger charge is 2.46. The Labute approximate surface area is 282 Å². The summed E-state index contributed by atoms with van der Waals surface area (Å²) < 4.78 is 0. The molecule has 2 fully saturated rings. The van der Waals surface area contributed by atoms with Crippen LogP contribution >= 0.6 is 0 Å². The average molecular weight is 616 g/mol. The van der Waals surface area contributed by atoms with Gasteiger partial charge in [-0.15, -0.1) is 0 Å². The van der Waals surface area contributed by atoms with E-state index in [0.717, 1.165) is 5.52 Å². The average Bonchev–Trinajstić information content (AvgIpc) is 3.95. The Bertz CT molecular complexity index is 2240. The van der Waals surface area contributed by atoms with Crippen LogP contribution in [0.5, 0.6) is 0 Å². The van der Waals surface area contributed by atoms with Crippen molar-refractivity contribution in [3.8, 4) is 44.5 Å². The number of rotatable bonds is 2. The lowest BCUT2D eigenvalue weighted by molar-refractivity contribution is 0.550. The van der Waals surface area contributed by atoms with Crippen LogP contribution in [0.25, 0.3) is 66.2 Å². The number of fused-ring (bicyclic) bond motifs is 12. The molecule has 1 heteroatoms. The van der Waals surface area contributed by atoms with Crippen molar-refractivity contribution in [3.63, 3.8) is 0 Å². The molecule has 4 aliphatic carbocycles. The van der Waals surface area contributed by atoms with E-state index >= 15 is 0 Å². The van der Waals surface area contributed by atoms with E-state index < -0.39 is 0 Å². The van der Waals surface area contributed by atoms with E-state index in [1.165, 1.54) is 129 Å². The fourth-order valence-electron chi connectivity index (χ4n) is 10.9. The Morgan fingerprint density at radius 2 is 0.854 bits per heavy atom. The molecule has 2 spiro atoms. The van der Waals surface area contributed by atoms with Gasteiger partial charge < -0.3 is 0 Å². The van der Waals surface area contributed by atoms with Gasteiger partial charge in [0, 0.05) is 28.0 Å². The Kier molecular flexibility index (Phi) is 5.49. The molecule has 0 bridgehead atoms. The van der Waals surface area contributed by atoms with Crippen LogP contribution in [0.4, 0.5) is 0 Å². The van der Waals surface area contributed by atoms with Gasteiger partial charge >= 0.3 is 0 Å². The van der Waals surface area contributed by atoms with Gasteiger partial charge in [0.15, 0.2) is 0 Å². The molecule has 1 aromatic heterocycles. The third kappa shape index (κ3) is 3.39. The Hall–Kier alpha value is -5.01. The zero-order valence-electron chi connectivity index (χ0n) is 27.2.